The highest BCUT2D eigenvalue weighted by Gasteiger charge is 2.06. The lowest BCUT2D eigenvalue weighted by Gasteiger charge is -2.17. The molecule has 4 aromatic rings. The van der Waals surface area contributed by atoms with Crippen LogP contribution in [0.5, 0.6) is 5.75 Å². The van der Waals surface area contributed by atoms with E-state index in [2.05, 4.69) is 42.3 Å². The maximum atomic E-state index is 11.6. The maximum absolute atomic E-state index is 11.6. The van der Waals surface area contributed by atoms with Gasteiger partial charge in [0.05, 0.1) is 0 Å². The van der Waals surface area contributed by atoms with Gasteiger partial charge in [-0.3, -0.25) is 4.90 Å². The first-order chi connectivity index (χ1) is 15.0. The third-order valence-corrected chi connectivity index (χ3v) is 5.38. The van der Waals surface area contributed by atoms with Gasteiger partial charge in [0, 0.05) is 35.6 Å². The van der Waals surface area contributed by atoms with Gasteiger partial charge in [0.25, 0.3) is 0 Å². The maximum Gasteiger partial charge on any atom is 0.336 e. The molecule has 4 nitrogen and oxygen atoms in total. The van der Waals surface area contributed by atoms with Gasteiger partial charge in [0.2, 0.25) is 0 Å². The zero-order valence-corrected chi connectivity index (χ0v) is 19.6. The Hall–Kier alpha value is -2.79. The van der Waals surface area contributed by atoms with Crippen molar-refractivity contribution < 1.29 is 9.15 Å². The van der Waals surface area contributed by atoms with Crippen LogP contribution in [0.25, 0.3) is 11.0 Å². The molecular formula is C26H25Cl2NO3. The number of halogens is 2. The molecule has 3 aromatic carbocycles. The molecule has 0 aliphatic heterocycles. The zero-order valence-electron chi connectivity index (χ0n) is 18.0. The molecule has 1 heterocycles. The van der Waals surface area contributed by atoms with Crippen molar-refractivity contribution in [3.8, 4) is 5.75 Å². The molecule has 0 saturated heterocycles. The molecule has 1 aromatic heterocycles. The standard InChI is InChI=1S/C26H24ClNO3.ClH/c1-18-12-26(29)31-25-14-23(10-11-24(18)25)30-17-20-8-6-19(7-9-20)15-28(2)16-21-4-3-5-22(27)13-21;/h3-14H,15-17H2,1-2H3;1H. The highest BCUT2D eigenvalue weighted by Crippen LogP contribution is 2.23. The number of nitrogens with zero attached hydrogens (tertiary/aromatic N) is 1. The fourth-order valence-electron chi connectivity index (χ4n) is 3.62. The average Bonchev–Trinajstić information content (AvgIpc) is 2.73. The van der Waals surface area contributed by atoms with E-state index in [0.29, 0.717) is 17.9 Å². The molecule has 0 aliphatic carbocycles. The third-order valence-electron chi connectivity index (χ3n) is 5.15. The largest absolute Gasteiger partial charge is 0.489 e. The lowest BCUT2D eigenvalue weighted by atomic mass is 10.1. The van der Waals surface area contributed by atoms with Crippen molar-refractivity contribution in [3.05, 3.63) is 110 Å². The molecule has 0 bridgehead atoms. The molecule has 0 amide bonds. The first kappa shape index (κ1) is 23.9. The second-order valence-electron chi connectivity index (χ2n) is 7.81. The van der Waals surface area contributed by atoms with Crippen LogP contribution in [0.1, 0.15) is 22.3 Å². The van der Waals surface area contributed by atoms with Gasteiger partial charge in [0.1, 0.15) is 17.9 Å². The van der Waals surface area contributed by atoms with Crippen LogP contribution in [-0.4, -0.2) is 11.9 Å². The number of rotatable bonds is 7. The van der Waals surface area contributed by atoms with Gasteiger partial charge >= 0.3 is 5.63 Å². The zero-order chi connectivity index (χ0) is 21.8. The van der Waals surface area contributed by atoms with E-state index in [9.17, 15) is 4.79 Å². The van der Waals surface area contributed by atoms with Crippen molar-refractivity contribution in [2.45, 2.75) is 26.6 Å². The predicted octanol–water partition coefficient (Wildman–Crippen LogP) is 6.39. The summed E-state index contributed by atoms with van der Waals surface area (Å²) in [5, 5.41) is 1.68. The summed E-state index contributed by atoms with van der Waals surface area (Å²) in [5.74, 6) is 0.673. The summed E-state index contributed by atoms with van der Waals surface area (Å²) in [5.41, 5.74) is 4.59. The van der Waals surface area contributed by atoms with Crippen molar-refractivity contribution in [2.75, 3.05) is 7.05 Å². The second-order valence-corrected chi connectivity index (χ2v) is 8.25. The van der Waals surface area contributed by atoms with Crippen LogP contribution in [0.2, 0.25) is 5.02 Å². The molecule has 0 fully saturated rings. The van der Waals surface area contributed by atoms with E-state index < -0.39 is 0 Å². The van der Waals surface area contributed by atoms with E-state index in [-0.39, 0.29) is 18.0 Å². The monoisotopic (exact) mass is 469 g/mol. The van der Waals surface area contributed by atoms with Crippen LogP contribution in [0.4, 0.5) is 0 Å². The fourth-order valence-corrected chi connectivity index (χ4v) is 3.83. The molecule has 4 rings (SSSR count). The number of aryl methyl sites for hydroxylation is 1. The number of hydrogen-bond donors (Lipinski definition) is 0. The van der Waals surface area contributed by atoms with Crippen LogP contribution in [0.3, 0.4) is 0 Å². The Balaban J connectivity index is 0.00000289. The molecule has 166 valence electrons. The Morgan fingerprint density at radius 3 is 2.38 bits per heavy atom. The summed E-state index contributed by atoms with van der Waals surface area (Å²) in [6, 6.07) is 23.4. The summed E-state index contributed by atoms with van der Waals surface area (Å²) in [6.45, 7) is 4.02. The van der Waals surface area contributed by atoms with E-state index >= 15 is 0 Å². The van der Waals surface area contributed by atoms with E-state index in [1.54, 1.807) is 6.07 Å². The van der Waals surface area contributed by atoms with Gasteiger partial charge in [-0.05, 0) is 60.5 Å². The molecule has 0 spiro atoms. The summed E-state index contributed by atoms with van der Waals surface area (Å²) >= 11 is 6.07. The highest BCUT2D eigenvalue weighted by molar-refractivity contribution is 6.30. The van der Waals surface area contributed by atoms with Gasteiger partial charge in [-0.1, -0.05) is 48.0 Å². The van der Waals surface area contributed by atoms with Crippen LogP contribution in [0.15, 0.2) is 82.0 Å². The van der Waals surface area contributed by atoms with Crippen LogP contribution in [-0.2, 0) is 19.7 Å². The van der Waals surface area contributed by atoms with E-state index in [1.165, 1.54) is 17.2 Å². The summed E-state index contributed by atoms with van der Waals surface area (Å²) in [4.78, 5) is 13.9. The normalized spacial score (nSPS) is 10.9. The Kier molecular flexibility index (Phi) is 7.97. The number of fused-ring (bicyclic) bond motifs is 1. The summed E-state index contributed by atoms with van der Waals surface area (Å²) in [6.07, 6.45) is 0. The average molecular weight is 470 g/mol. The molecule has 0 aliphatic rings. The molecule has 32 heavy (non-hydrogen) atoms. The molecule has 0 atom stereocenters. The van der Waals surface area contributed by atoms with Crippen molar-refractivity contribution in [1.29, 1.82) is 0 Å². The molecule has 0 saturated carbocycles. The number of benzene rings is 3. The minimum Gasteiger partial charge on any atom is -0.489 e. The number of hydrogen-bond acceptors (Lipinski definition) is 4. The van der Waals surface area contributed by atoms with Gasteiger partial charge < -0.3 is 9.15 Å². The molecule has 0 N–H and O–H groups in total. The first-order valence-electron chi connectivity index (χ1n) is 10.1. The predicted molar refractivity (Wildman–Crippen MR) is 132 cm³/mol. The second kappa shape index (κ2) is 10.7. The highest BCUT2D eigenvalue weighted by atomic mass is 35.5. The topological polar surface area (TPSA) is 42.7 Å². The first-order valence-corrected chi connectivity index (χ1v) is 10.5. The van der Waals surface area contributed by atoms with Crippen LogP contribution >= 0.6 is 24.0 Å². The SMILES string of the molecule is Cc1cc(=O)oc2cc(OCc3ccc(CN(C)Cc4cccc(Cl)c4)cc3)ccc12.Cl. The van der Waals surface area contributed by atoms with Gasteiger partial charge in [0.15, 0.2) is 0 Å². The summed E-state index contributed by atoms with van der Waals surface area (Å²) < 4.78 is 11.2. The lowest BCUT2D eigenvalue weighted by molar-refractivity contribution is 0.305. The van der Waals surface area contributed by atoms with E-state index in [4.69, 9.17) is 20.8 Å². The van der Waals surface area contributed by atoms with Gasteiger partial charge in [-0.2, -0.15) is 0 Å². The van der Waals surface area contributed by atoms with Crippen LogP contribution in [0, 0.1) is 6.92 Å². The van der Waals surface area contributed by atoms with E-state index in [0.717, 1.165) is 34.6 Å². The van der Waals surface area contributed by atoms with Crippen molar-refractivity contribution >= 4 is 35.0 Å². The smallest absolute Gasteiger partial charge is 0.336 e. The Labute approximate surface area is 198 Å². The van der Waals surface area contributed by atoms with Crippen molar-refractivity contribution in [2.24, 2.45) is 0 Å². The molecule has 0 unspecified atom stereocenters. The Morgan fingerprint density at radius 2 is 1.62 bits per heavy atom. The third kappa shape index (κ3) is 6.13. The van der Waals surface area contributed by atoms with Crippen LogP contribution < -0.4 is 10.4 Å². The minimum absolute atomic E-state index is 0. The number of ether oxygens (including phenoxy) is 1. The van der Waals surface area contributed by atoms with Crippen molar-refractivity contribution in [1.82, 2.24) is 4.90 Å². The van der Waals surface area contributed by atoms with Gasteiger partial charge in [-0.25, -0.2) is 4.79 Å². The quantitative estimate of drug-likeness (QED) is 0.294. The minimum atomic E-state index is -0.349. The molecule has 6 heteroatoms. The lowest BCUT2D eigenvalue weighted by Crippen LogP contribution is -2.17. The summed E-state index contributed by atoms with van der Waals surface area (Å²) in [7, 11) is 2.09. The van der Waals surface area contributed by atoms with Crippen molar-refractivity contribution in [3.63, 3.8) is 0 Å². The van der Waals surface area contributed by atoms with E-state index in [1.807, 2.05) is 37.3 Å². The Bertz CT molecular complexity index is 1250. The molecular weight excluding hydrogens is 445 g/mol. The molecule has 0 radical (unpaired) electrons. The fraction of sp³-hybridized carbons (Fsp3) is 0.192. The van der Waals surface area contributed by atoms with Gasteiger partial charge in [-0.15, -0.1) is 12.4 Å². The Morgan fingerprint density at radius 1 is 0.906 bits per heavy atom.